The highest BCUT2D eigenvalue weighted by Gasteiger charge is 2.28. The molecule has 1 rings (SSSR count). The molecule has 4 nitrogen and oxygen atoms in total. The summed E-state index contributed by atoms with van der Waals surface area (Å²) in [4.78, 5) is 16.4. The number of amides is 1. The Balaban J connectivity index is 2.35. The van der Waals surface area contributed by atoms with Crippen molar-refractivity contribution in [1.82, 2.24) is 9.80 Å². The number of thiocarbonyl (C=S) groups is 1. The van der Waals surface area contributed by atoms with E-state index in [-0.39, 0.29) is 5.91 Å². The second-order valence-electron chi connectivity index (χ2n) is 5.15. The lowest BCUT2D eigenvalue weighted by Crippen LogP contribution is -2.40. The molecule has 98 valence electrons. The van der Waals surface area contributed by atoms with Crippen LogP contribution in [0.1, 0.15) is 26.7 Å². The normalized spacial score (nSPS) is 24.9. The second kappa shape index (κ2) is 6.31. The monoisotopic (exact) mass is 257 g/mol. The minimum atomic E-state index is 0.155. The first-order chi connectivity index (χ1) is 7.90. The predicted octanol–water partition coefficient (Wildman–Crippen LogP) is 0.851. The molecule has 0 aromatic heterocycles. The van der Waals surface area contributed by atoms with Gasteiger partial charge in [0.2, 0.25) is 5.91 Å². The van der Waals surface area contributed by atoms with Crippen molar-refractivity contribution in [2.24, 2.45) is 11.7 Å². The average molecular weight is 257 g/mol. The number of nitrogens with two attached hydrogens (primary N) is 1. The van der Waals surface area contributed by atoms with Gasteiger partial charge in [-0.15, -0.1) is 0 Å². The molecule has 17 heavy (non-hydrogen) atoms. The number of rotatable bonds is 5. The van der Waals surface area contributed by atoms with Crippen LogP contribution in [0, 0.1) is 5.92 Å². The minimum absolute atomic E-state index is 0.155. The molecule has 0 spiro atoms. The lowest BCUT2D eigenvalue weighted by molar-refractivity contribution is -0.131. The summed E-state index contributed by atoms with van der Waals surface area (Å²) in [6.45, 7) is 6.57. The van der Waals surface area contributed by atoms with Gasteiger partial charge in [-0.3, -0.25) is 9.69 Å². The minimum Gasteiger partial charge on any atom is -0.393 e. The van der Waals surface area contributed by atoms with E-state index in [0.29, 0.717) is 36.5 Å². The van der Waals surface area contributed by atoms with Crippen LogP contribution in [0.5, 0.6) is 0 Å². The average Bonchev–Trinajstić information content (AvgIpc) is 2.53. The van der Waals surface area contributed by atoms with Crippen molar-refractivity contribution in [3.05, 3.63) is 0 Å². The van der Waals surface area contributed by atoms with E-state index in [1.54, 1.807) is 4.90 Å². The molecule has 1 amide bonds. The SMILES string of the molecule is CC1CC(C)N(CC(=O)N(C)CCC(N)=S)C1. The smallest absolute Gasteiger partial charge is 0.236 e. The van der Waals surface area contributed by atoms with Crippen LogP contribution in [0.2, 0.25) is 0 Å². The third-order valence-electron chi connectivity index (χ3n) is 3.37. The molecule has 0 aromatic carbocycles. The molecule has 1 aliphatic rings. The molecule has 5 heteroatoms. The van der Waals surface area contributed by atoms with Gasteiger partial charge in [-0.25, -0.2) is 0 Å². The van der Waals surface area contributed by atoms with Crippen molar-refractivity contribution in [3.8, 4) is 0 Å². The second-order valence-corrected chi connectivity index (χ2v) is 5.68. The number of carbonyl (C=O) groups excluding carboxylic acids is 1. The summed E-state index contributed by atoms with van der Waals surface area (Å²) in [6.07, 6.45) is 1.79. The van der Waals surface area contributed by atoms with E-state index < -0.39 is 0 Å². The molecule has 0 bridgehead atoms. The molecular weight excluding hydrogens is 234 g/mol. The zero-order chi connectivity index (χ0) is 13.0. The summed E-state index contributed by atoms with van der Waals surface area (Å²) in [5.74, 6) is 0.849. The fourth-order valence-electron chi connectivity index (χ4n) is 2.30. The van der Waals surface area contributed by atoms with Crippen molar-refractivity contribution in [3.63, 3.8) is 0 Å². The van der Waals surface area contributed by atoms with Crippen molar-refractivity contribution in [2.75, 3.05) is 26.7 Å². The Labute approximate surface area is 109 Å². The molecule has 0 aliphatic carbocycles. The highest BCUT2D eigenvalue weighted by atomic mass is 32.1. The molecule has 0 saturated carbocycles. The first kappa shape index (κ1) is 14.4. The summed E-state index contributed by atoms with van der Waals surface area (Å²) >= 11 is 4.81. The summed E-state index contributed by atoms with van der Waals surface area (Å²) < 4.78 is 0. The molecule has 2 N–H and O–H groups in total. The van der Waals surface area contributed by atoms with Gasteiger partial charge in [-0.2, -0.15) is 0 Å². The van der Waals surface area contributed by atoms with Crippen molar-refractivity contribution in [1.29, 1.82) is 0 Å². The van der Waals surface area contributed by atoms with Crippen molar-refractivity contribution < 1.29 is 4.79 Å². The van der Waals surface area contributed by atoms with Gasteiger partial charge < -0.3 is 10.6 Å². The van der Waals surface area contributed by atoms with Crippen LogP contribution in [0.4, 0.5) is 0 Å². The molecular formula is C12H23N3OS. The summed E-state index contributed by atoms with van der Waals surface area (Å²) in [7, 11) is 1.81. The van der Waals surface area contributed by atoms with E-state index in [2.05, 4.69) is 18.7 Å². The lowest BCUT2D eigenvalue weighted by atomic mass is 10.1. The fraction of sp³-hybridized carbons (Fsp3) is 0.833. The van der Waals surface area contributed by atoms with Crippen LogP contribution in [0.15, 0.2) is 0 Å². The largest absolute Gasteiger partial charge is 0.393 e. The van der Waals surface area contributed by atoms with E-state index in [9.17, 15) is 4.79 Å². The van der Waals surface area contributed by atoms with Gasteiger partial charge in [0.05, 0.1) is 11.5 Å². The Bertz CT molecular complexity index is 295. The molecule has 1 fully saturated rings. The standard InChI is InChI=1S/C12H23N3OS/c1-9-6-10(2)15(7-9)8-12(16)14(3)5-4-11(13)17/h9-10H,4-8H2,1-3H3,(H2,13,17). The van der Waals surface area contributed by atoms with Gasteiger partial charge in [-0.1, -0.05) is 19.1 Å². The van der Waals surface area contributed by atoms with Gasteiger partial charge in [0.15, 0.2) is 0 Å². The van der Waals surface area contributed by atoms with Crippen LogP contribution >= 0.6 is 12.2 Å². The fourth-order valence-corrected chi connectivity index (χ4v) is 2.39. The molecule has 1 saturated heterocycles. The Hall–Kier alpha value is -0.680. The van der Waals surface area contributed by atoms with E-state index >= 15 is 0 Å². The molecule has 0 aromatic rings. The van der Waals surface area contributed by atoms with Crippen LogP contribution < -0.4 is 5.73 Å². The summed E-state index contributed by atoms with van der Waals surface area (Å²) in [5, 5.41) is 0. The van der Waals surface area contributed by atoms with Crippen LogP contribution in [0.3, 0.4) is 0 Å². The van der Waals surface area contributed by atoms with Gasteiger partial charge >= 0.3 is 0 Å². The van der Waals surface area contributed by atoms with E-state index in [1.165, 1.54) is 6.42 Å². The third-order valence-corrected chi connectivity index (χ3v) is 3.57. The molecule has 1 aliphatic heterocycles. The lowest BCUT2D eigenvalue weighted by Gasteiger charge is -2.24. The summed E-state index contributed by atoms with van der Waals surface area (Å²) in [5.41, 5.74) is 5.43. The number of hydrogen-bond acceptors (Lipinski definition) is 3. The Morgan fingerprint density at radius 1 is 1.53 bits per heavy atom. The van der Waals surface area contributed by atoms with Gasteiger partial charge in [0, 0.05) is 32.6 Å². The van der Waals surface area contributed by atoms with Gasteiger partial charge in [0.1, 0.15) is 0 Å². The van der Waals surface area contributed by atoms with Crippen LogP contribution in [-0.2, 0) is 4.79 Å². The molecule has 1 heterocycles. The number of likely N-dealkylation sites (tertiary alicyclic amines) is 1. The van der Waals surface area contributed by atoms with Crippen LogP contribution in [-0.4, -0.2) is 53.4 Å². The van der Waals surface area contributed by atoms with Crippen LogP contribution in [0.25, 0.3) is 0 Å². The Morgan fingerprint density at radius 3 is 2.65 bits per heavy atom. The first-order valence-electron chi connectivity index (χ1n) is 6.16. The quantitative estimate of drug-likeness (QED) is 0.742. The van der Waals surface area contributed by atoms with E-state index in [1.807, 2.05) is 7.05 Å². The molecule has 2 unspecified atom stereocenters. The highest BCUT2D eigenvalue weighted by molar-refractivity contribution is 7.80. The first-order valence-corrected chi connectivity index (χ1v) is 6.57. The molecule has 0 radical (unpaired) electrons. The topological polar surface area (TPSA) is 49.6 Å². The number of nitrogens with zero attached hydrogens (tertiary/aromatic N) is 2. The van der Waals surface area contributed by atoms with Gasteiger partial charge in [-0.05, 0) is 19.3 Å². The van der Waals surface area contributed by atoms with Crippen molar-refractivity contribution >= 4 is 23.1 Å². The van der Waals surface area contributed by atoms with Gasteiger partial charge in [0.25, 0.3) is 0 Å². The maximum atomic E-state index is 12.0. The summed E-state index contributed by atoms with van der Waals surface area (Å²) in [6, 6.07) is 0.512. The van der Waals surface area contributed by atoms with Crippen molar-refractivity contribution in [2.45, 2.75) is 32.7 Å². The zero-order valence-electron chi connectivity index (χ0n) is 11.0. The molecule has 2 atom stereocenters. The maximum Gasteiger partial charge on any atom is 0.236 e. The number of hydrogen-bond donors (Lipinski definition) is 1. The number of carbonyl (C=O) groups is 1. The van der Waals surface area contributed by atoms with E-state index in [0.717, 1.165) is 6.54 Å². The van der Waals surface area contributed by atoms with E-state index in [4.69, 9.17) is 18.0 Å². The predicted molar refractivity (Wildman–Crippen MR) is 73.9 cm³/mol. The Kier molecular flexibility index (Phi) is 5.33. The highest BCUT2D eigenvalue weighted by Crippen LogP contribution is 2.21. The Morgan fingerprint density at radius 2 is 2.18 bits per heavy atom. The number of likely N-dealkylation sites (N-methyl/N-ethyl adjacent to an activating group) is 1. The zero-order valence-corrected chi connectivity index (χ0v) is 11.8. The third kappa shape index (κ3) is 4.60. The maximum absolute atomic E-state index is 12.0.